The van der Waals surface area contributed by atoms with E-state index in [0.717, 1.165) is 18.4 Å². The van der Waals surface area contributed by atoms with Gasteiger partial charge in [-0.25, -0.2) is 4.39 Å². The highest BCUT2D eigenvalue weighted by Crippen LogP contribution is 2.44. The second-order valence-electron chi connectivity index (χ2n) is 6.59. The summed E-state index contributed by atoms with van der Waals surface area (Å²) in [4.78, 5) is 11.8. The monoisotopic (exact) mass is 356 g/mol. The standard InChI is InChI=1S/C17H22BrFO2/c1-11(2)13-5-7-17(8-6-13,16(20)21)10-12-3-4-15(19)14(18)9-12/h3-4,9,11,13H,5-8,10H2,1-2H3,(H,20,21). The third-order valence-corrected chi connectivity index (χ3v) is 5.52. The molecular weight excluding hydrogens is 335 g/mol. The lowest BCUT2D eigenvalue weighted by Crippen LogP contribution is -2.38. The number of hydrogen-bond acceptors (Lipinski definition) is 1. The van der Waals surface area contributed by atoms with E-state index in [-0.39, 0.29) is 5.82 Å². The van der Waals surface area contributed by atoms with Gasteiger partial charge in [0.05, 0.1) is 9.89 Å². The molecule has 2 nitrogen and oxygen atoms in total. The number of hydrogen-bond donors (Lipinski definition) is 1. The fraction of sp³-hybridized carbons (Fsp3) is 0.588. The number of carboxylic acids is 1. The van der Waals surface area contributed by atoms with Gasteiger partial charge in [0.25, 0.3) is 0 Å². The van der Waals surface area contributed by atoms with E-state index in [1.165, 1.54) is 6.07 Å². The Kier molecular flexibility index (Phi) is 5.07. The Balaban J connectivity index is 2.16. The average Bonchev–Trinajstić information content (AvgIpc) is 2.43. The molecule has 21 heavy (non-hydrogen) atoms. The molecular formula is C17H22BrFO2. The van der Waals surface area contributed by atoms with Crippen LogP contribution in [0.4, 0.5) is 4.39 Å². The van der Waals surface area contributed by atoms with Crippen molar-refractivity contribution in [3.63, 3.8) is 0 Å². The first-order chi connectivity index (χ1) is 9.84. The third kappa shape index (κ3) is 3.65. The molecule has 0 radical (unpaired) electrons. The van der Waals surface area contributed by atoms with Gasteiger partial charge < -0.3 is 5.11 Å². The molecule has 0 aromatic heterocycles. The first kappa shape index (κ1) is 16.5. The van der Waals surface area contributed by atoms with Crippen molar-refractivity contribution < 1.29 is 14.3 Å². The maximum Gasteiger partial charge on any atom is 0.309 e. The van der Waals surface area contributed by atoms with Crippen molar-refractivity contribution in [2.45, 2.75) is 46.0 Å². The molecule has 0 saturated heterocycles. The third-order valence-electron chi connectivity index (χ3n) is 4.91. The minimum Gasteiger partial charge on any atom is -0.481 e. The van der Waals surface area contributed by atoms with Crippen LogP contribution in [0.2, 0.25) is 0 Å². The molecule has 0 spiro atoms. The normalized spacial score (nSPS) is 26.0. The first-order valence-corrected chi connectivity index (χ1v) is 8.31. The average molecular weight is 357 g/mol. The van der Waals surface area contributed by atoms with Crippen molar-refractivity contribution in [1.82, 2.24) is 0 Å². The number of benzene rings is 1. The Morgan fingerprint density at radius 2 is 2.05 bits per heavy atom. The van der Waals surface area contributed by atoms with Crippen LogP contribution in [0.5, 0.6) is 0 Å². The van der Waals surface area contributed by atoms with Gasteiger partial charge in [0.15, 0.2) is 0 Å². The van der Waals surface area contributed by atoms with Gasteiger partial charge in [0.2, 0.25) is 0 Å². The Labute approximate surface area is 133 Å². The molecule has 1 aromatic rings. The van der Waals surface area contributed by atoms with Gasteiger partial charge in [-0.15, -0.1) is 0 Å². The van der Waals surface area contributed by atoms with Gasteiger partial charge >= 0.3 is 5.97 Å². The van der Waals surface area contributed by atoms with Crippen LogP contribution in [-0.4, -0.2) is 11.1 Å². The van der Waals surface area contributed by atoms with E-state index in [1.807, 2.05) is 0 Å². The highest BCUT2D eigenvalue weighted by molar-refractivity contribution is 9.10. The predicted octanol–water partition coefficient (Wildman–Crippen LogP) is 5.05. The zero-order valence-electron chi connectivity index (χ0n) is 12.5. The number of aliphatic carboxylic acids is 1. The molecule has 0 unspecified atom stereocenters. The lowest BCUT2D eigenvalue weighted by Gasteiger charge is -2.38. The highest BCUT2D eigenvalue weighted by atomic mass is 79.9. The quantitative estimate of drug-likeness (QED) is 0.819. The molecule has 4 heteroatoms. The molecule has 1 aromatic carbocycles. The van der Waals surface area contributed by atoms with Crippen LogP contribution in [0.15, 0.2) is 22.7 Å². The summed E-state index contributed by atoms with van der Waals surface area (Å²) in [6, 6.07) is 4.79. The zero-order chi connectivity index (χ0) is 15.6. The largest absolute Gasteiger partial charge is 0.481 e. The van der Waals surface area contributed by atoms with Gasteiger partial charge in [0, 0.05) is 0 Å². The van der Waals surface area contributed by atoms with Crippen LogP contribution in [0.25, 0.3) is 0 Å². The molecule has 2 rings (SSSR count). The van der Waals surface area contributed by atoms with E-state index < -0.39 is 11.4 Å². The van der Waals surface area contributed by atoms with Crippen LogP contribution in [0.1, 0.15) is 45.1 Å². The smallest absolute Gasteiger partial charge is 0.309 e. The van der Waals surface area contributed by atoms with Crippen LogP contribution < -0.4 is 0 Å². The van der Waals surface area contributed by atoms with E-state index in [9.17, 15) is 14.3 Å². The van der Waals surface area contributed by atoms with E-state index in [1.54, 1.807) is 12.1 Å². The van der Waals surface area contributed by atoms with Gasteiger partial charge in [-0.1, -0.05) is 19.9 Å². The summed E-state index contributed by atoms with van der Waals surface area (Å²) in [5.74, 6) is 0.200. The minimum atomic E-state index is -0.717. The van der Waals surface area contributed by atoms with Gasteiger partial charge in [-0.2, -0.15) is 0 Å². The van der Waals surface area contributed by atoms with Crippen LogP contribution in [0, 0.1) is 23.1 Å². The number of halogens is 2. The fourth-order valence-corrected chi connectivity index (χ4v) is 3.79. The zero-order valence-corrected chi connectivity index (χ0v) is 14.1. The predicted molar refractivity (Wildman–Crippen MR) is 84.7 cm³/mol. The Morgan fingerprint density at radius 3 is 2.52 bits per heavy atom. The van der Waals surface area contributed by atoms with E-state index in [0.29, 0.717) is 35.6 Å². The van der Waals surface area contributed by atoms with Crippen LogP contribution in [0.3, 0.4) is 0 Å². The van der Waals surface area contributed by atoms with E-state index in [2.05, 4.69) is 29.8 Å². The summed E-state index contributed by atoms with van der Waals surface area (Å²) in [6.07, 6.45) is 3.82. The van der Waals surface area contributed by atoms with Crippen molar-refractivity contribution in [2.24, 2.45) is 17.3 Å². The van der Waals surface area contributed by atoms with Crippen molar-refractivity contribution >= 4 is 21.9 Å². The first-order valence-electron chi connectivity index (χ1n) is 7.51. The number of carboxylic acid groups (broad SMARTS) is 1. The second-order valence-corrected chi connectivity index (χ2v) is 7.45. The summed E-state index contributed by atoms with van der Waals surface area (Å²) in [6.45, 7) is 4.41. The van der Waals surface area contributed by atoms with Crippen molar-refractivity contribution in [1.29, 1.82) is 0 Å². The molecule has 0 amide bonds. The lowest BCUT2D eigenvalue weighted by atomic mass is 9.65. The Bertz CT molecular complexity index is 520. The number of rotatable bonds is 4. The molecule has 116 valence electrons. The molecule has 0 bridgehead atoms. The maximum absolute atomic E-state index is 13.3. The van der Waals surface area contributed by atoms with Crippen LogP contribution in [-0.2, 0) is 11.2 Å². The van der Waals surface area contributed by atoms with Gasteiger partial charge in [-0.05, 0) is 77.6 Å². The summed E-state index contributed by atoms with van der Waals surface area (Å²) in [5, 5.41) is 9.71. The summed E-state index contributed by atoms with van der Waals surface area (Å²) < 4.78 is 13.7. The topological polar surface area (TPSA) is 37.3 Å². The minimum absolute atomic E-state index is 0.313. The molecule has 1 fully saturated rings. The fourth-order valence-electron chi connectivity index (χ4n) is 3.37. The molecule has 0 aliphatic heterocycles. The second kappa shape index (κ2) is 6.47. The molecule has 1 N–H and O–H groups in total. The molecule has 0 heterocycles. The lowest BCUT2D eigenvalue weighted by molar-refractivity contribution is -0.151. The summed E-state index contributed by atoms with van der Waals surface area (Å²) in [7, 11) is 0. The van der Waals surface area contributed by atoms with Crippen molar-refractivity contribution in [3.05, 3.63) is 34.1 Å². The molecule has 1 aliphatic carbocycles. The summed E-state index contributed by atoms with van der Waals surface area (Å²) in [5.41, 5.74) is 0.191. The Morgan fingerprint density at radius 1 is 1.43 bits per heavy atom. The van der Waals surface area contributed by atoms with E-state index in [4.69, 9.17) is 0 Å². The molecule has 0 atom stereocenters. The summed E-state index contributed by atoms with van der Waals surface area (Å²) >= 11 is 3.17. The molecule has 1 saturated carbocycles. The highest BCUT2D eigenvalue weighted by Gasteiger charge is 2.42. The van der Waals surface area contributed by atoms with Gasteiger partial charge in [-0.3, -0.25) is 4.79 Å². The molecule has 1 aliphatic rings. The Hall–Kier alpha value is -0.900. The SMILES string of the molecule is CC(C)C1CCC(Cc2ccc(F)c(Br)c2)(C(=O)O)CC1. The van der Waals surface area contributed by atoms with Crippen molar-refractivity contribution in [3.8, 4) is 0 Å². The van der Waals surface area contributed by atoms with Gasteiger partial charge in [0.1, 0.15) is 5.82 Å². The van der Waals surface area contributed by atoms with Crippen LogP contribution >= 0.6 is 15.9 Å². The maximum atomic E-state index is 13.3. The van der Waals surface area contributed by atoms with E-state index >= 15 is 0 Å². The van der Waals surface area contributed by atoms with Crippen molar-refractivity contribution in [2.75, 3.05) is 0 Å². The number of carbonyl (C=O) groups is 1.